The molecule has 1 atom stereocenters. The summed E-state index contributed by atoms with van der Waals surface area (Å²) in [7, 11) is 0. The SMILES string of the molecule is O=C(NCc1ccc(Br)s1)[C@H]1CSCN1. The van der Waals surface area contributed by atoms with Crippen LogP contribution in [0, 0.1) is 0 Å². The number of amides is 1. The number of thioether (sulfide) groups is 1. The fourth-order valence-electron chi connectivity index (χ4n) is 1.31. The molecule has 0 unspecified atom stereocenters. The number of rotatable bonds is 3. The van der Waals surface area contributed by atoms with Crippen LogP contribution < -0.4 is 10.6 Å². The second kappa shape index (κ2) is 5.34. The molecule has 0 aliphatic carbocycles. The van der Waals surface area contributed by atoms with Crippen LogP contribution in [-0.2, 0) is 11.3 Å². The third-order valence-corrected chi connectivity index (χ3v) is 4.66. The topological polar surface area (TPSA) is 41.1 Å². The molecule has 2 rings (SSSR count). The third-order valence-electron chi connectivity index (χ3n) is 2.10. The van der Waals surface area contributed by atoms with Gasteiger partial charge in [0.15, 0.2) is 0 Å². The zero-order chi connectivity index (χ0) is 10.7. The molecule has 0 aromatic carbocycles. The molecule has 0 radical (unpaired) electrons. The van der Waals surface area contributed by atoms with Crippen LogP contribution in [0.25, 0.3) is 0 Å². The number of hydrogen-bond donors (Lipinski definition) is 2. The van der Waals surface area contributed by atoms with Crippen molar-refractivity contribution < 1.29 is 4.79 Å². The Hall–Kier alpha value is -0.0400. The van der Waals surface area contributed by atoms with Gasteiger partial charge in [0.25, 0.3) is 0 Å². The normalized spacial score (nSPS) is 20.5. The summed E-state index contributed by atoms with van der Waals surface area (Å²) in [5, 5.41) is 6.07. The van der Waals surface area contributed by atoms with Crippen molar-refractivity contribution in [1.82, 2.24) is 10.6 Å². The lowest BCUT2D eigenvalue weighted by molar-refractivity contribution is -0.122. The van der Waals surface area contributed by atoms with E-state index >= 15 is 0 Å². The molecular formula is C9H11BrN2OS2. The minimum Gasteiger partial charge on any atom is -0.350 e. The van der Waals surface area contributed by atoms with Gasteiger partial charge in [-0.15, -0.1) is 23.1 Å². The van der Waals surface area contributed by atoms with Gasteiger partial charge in [0.1, 0.15) is 0 Å². The van der Waals surface area contributed by atoms with Gasteiger partial charge in [0, 0.05) is 16.5 Å². The fourth-order valence-corrected chi connectivity index (χ4v) is 3.67. The minimum atomic E-state index is -0.0154. The lowest BCUT2D eigenvalue weighted by atomic mass is 10.3. The van der Waals surface area contributed by atoms with Crippen molar-refractivity contribution in [2.75, 3.05) is 11.6 Å². The van der Waals surface area contributed by atoms with Crippen LogP contribution in [0.4, 0.5) is 0 Å². The number of nitrogens with one attached hydrogen (secondary N) is 2. The highest BCUT2D eigenvalue weighted by atomic mass is 79.9. The van der Waals surface area contributed by atoms with Crippen molar-refractivity contribution in [3.8, 4) is 0 Å². The van der Waals surface area contributed by atoms with E-state index in [1.807, 2.05) is 12.1 Å². The quantitative estimate of drug-likeness (QED) is 0.894. The van der Waals surface area contributed by atoms with Crippen LogP contribution in [0.1, 0.15) is 4.88 Å². The zero-order valence-electron chi connectivity index (χ0n) is 7.96. The molecule has 0 saturated carbocycles. The highest BCUT2D eigenvalue weighted by Crippen LogP contribution is 2.21. The molecule has 82 valence electrons. The molecule has 15 heavy (non-hydrogen) atoms. The molecule has 6 heteroatoms. The van der Waals surface area contributed by atoms with Gasteiger partial charge in [0.2, 0.25) is 5.91 Å². The Labute approximate surface area is 105 Å². The van der Waals surface area contributed by atoms with E-state index < -0.39 is 0 Å². The van der Waals surface area contributed by atoms with E-state index in [9.17, 15) is 4.79 Å². The number of halogens is 1. The van der Waals surface area contributed by atoms with Crippen LogP contribution in [0.15, 0.2) is 15.9 Å². The molecule has 1 amide bonds. The largest absolute Gasteiger partial charge is 0.350 e. The van der Waals surface area contributed by atoms with Crippen molar-refractivity contribution in [3.63, 3.8) is 0 Å². The van der Waals surface area contributed by atoms with Crippen LogP contribution in [0.5, 0.6) is 0 Å². The predicted octanol–water partition coefficient (Wildman–Crippen LogP) is 1.79. The van der Waals surface area contributed by atoms with Gasteiger partial charge in [-0.2, -0.15) is 0 Å². The highest BCUT2D eigenvalue weighted by molar-refractivity contribution is 9.11. The summed E-state index contributed by atoms with van der Waals surface area (Å²) in [6.45, 7) is 0.623. The fraction of sp³-hybridized carbons (Fsp3) is 0.444. The summed E-state index contributed by atoms with van der Waals surface area (Å²) in [4.78, 5) is 12.8. The predicted molar refractivity (Wildman–Crippen MR) is 68.1 cm³/mol. The van der Waals surface area contributed by atoms with Crippen LogP contribution in [0.2, 0.25) is 0 Å². The van der Waals surface area contributed by atoms with Crippen LogP contribution in [-0.4, -0.2) is 23.6 Å². The Bertz CT molecular complexity index is 350. The van der Waals surface area contributed by atoms with Crippen molar-refractivity contribution in [2.45, 2.75) is 12.6 Å². The van der Waals surface area contributed by atoms with Gasteiger partial charge in [-0.05, 0) is 28.1 Å². The van der Waals surface area contributed by atoms with Gasteiger partial charge < -0.3 is 5.32 Å². The molecule has 1 aromatic heterocycles. The first-order chi connectivity index (χ1) is 7.25. The van der Waals surface area contributed by atoms with Gasteiger partial charge in [-0.25, -0.2) is 0 Å². The summed E-state index contributed by atoms with van der Waals surface area (Å²) in [5.41, 5.74) is 0. The molecule has 0 spiro atoms. The Balaban J connectivity index is 1.80. The van der Waals surface area contributed by atoms with Crippen LogP contribution in [0.3, 0.4) is 0 Å². The first kappa shape index (κ1) is 11.4. The van der Waals surface area contributed by atoms with Crippen molar-refractivity contribution in [3.05, 3.63) is 20.8 Å². The first-order valence-electron chi connectivity index (χ1n) is 4.59. The molecule has 3 nitrogen and oxygen atoms in total. The molecule has 2 N–H and O–H groups in total. The Morgan fingerprint density at radius 1 is 1.67 bits per heavy atom. The standard InChI is InChI=1S/C9H11BrN2OS2/c10-8-2-1-6(15-8)3-11-9(13)7-4-14-5-12-7/h1-2,7,12H,3-5H2,(H,11,13)/t7-/m1/s1. The molecule has 2 heterocycles. The summed E-state index contributed by atoms with van der Waals surface area (Å²) >= 11 is 6.80. The number of carbonyl (C=O) groups excluding carboxylic acids is 1. The summed E-state index contributed by atoms with van der Waals surface area (Å²) in [6.07, 6.45) is 0. The van der Waals surface area contributed by atoms with E-state index in [0.29, 0.717) is 6.54 Å². The summed E-state index contributed by atoms with van der Waals surface area (Å²) in [6, 6.07) is 4.00. The number of thiophene rings is 1. The maximum Gasteiger partial charge on any atom is 0.238 e. The first-order valence-corrected chi connectivity index (χ1v) is 7.35. The van der Waals surface area contributed by atoms with E-state index in [2.05, 4.69) is 26.6 Å². The van der Waals surface area contributed by atoms with Crippen molar-refractivity contribution in [2.24, 2.45) is 0 Å². The molecule has 1 saturated heterocycles. The molecule has 1 fully saturated rings. The Morgan fingerprint density at radius 2 is 2.53 bits per heavy atom. The highest BCUT2D eigenvalue weighted by Gasteiger charge is 2.21. The summed E-state index contributed by atoms with van der Waals surface area (Å²) < 4.78 is 1.10. The second-order valence-electron chi connectivity index (χ2n) is 3.20. The zero-order valence-corrected chi connectivity index (χ0v) is 11.2. The van der Waals surface area contributed by atoms with E-state index in [-0.39, 0.29) is 11.9 Å². The number of carbonyl (C=O) groups is 1. The maximum atomic E-state index is 11.6. The molecule has 1 aliphatic rings. The average molecular weight is 307 g/mol. The van der Waals surface area contributed by atoms with Gasteiger partial charge in [-0.1, -0.05) is 0 Å². The minimum absolute atomic E-state index is 0.0154. The Kier molecular flexibility index (Phi) is 4.07. The lowest BCUT2D eigenvalue weighted by Gasteiger charge is -2.09. The van der Waals surface area contributed by atoms with E-state index in [0.717, 1.165) is 15.4 Å². The lowest BCUT2D eigenvalue weighted by Crippen LogP contribution is -2.41. The molecular weight excluding hydrogens is 296 g/mol. The smallest absolute Gasteiger partial charge is 0.238 e. The van der Waals surface area contributed by atoms with Gasteiger partial charge >= 0.3 is 0 Å². The molecule has 1 aromatic rings. The Morgan fingerprint density at radius 3 is 3.13 bits per heavy atom. The monoisotopic (exact) mass is 306 g/mol. The number of hydrogen-bond acceptors (Lipinski definition) is 4. The second-order valence-corrected chi connectivity index (χ2v) is 6.77. The van der Waals surface area contributed by atoms with Gasteiger partial charge in [0.05, 0.1) is 16.4 Å². The van der Waals surface area contributed by atoms with Crippen molar-refractivity contribution >= 4 is 44.9 Å². The van der Waals surface area contributed by atoms with Crippen LogP contribution >= 0.6 is 39.0 Å². The van der Waals surface area contributed by atoms with E-state index in [1.165, 1.54) is 4.88 Å². The van der Waals surface area contributed by atoms with E-state index in [1.54, 1.807) is 23.1 Å². The maximum absolute atomic E-state index is 11.6. The van der Waals surface area contributed by atoms with Gasteiger partial charge in [-0.3, -0.25) is 10.1 Å². The molecule has 1 aliphatic heterocycles. The van der Waals surface area contributed by atoms with Crippen molar-refractivity contribution in [1.29, 1.82) is 0 Å². The average Bonchev–Trinajstić information content (AvgIpc) is 2.84. The van der Waals surface area contributed by atoms with E-state index in [4.69, 9.17) is 0 Å². The third kappa shape index (κ3) is 3.21. The molecule has 0 bridgehead atoms. The summed E-state index contributed by atoms with van der Waals surface area (Å²) in [5.74, 6) is 1.85.